The Morgan fingerprint density at radius 3 is 2.70 bits per heavy atom. The molecule has 2 rings (SSSR count). The van der Waals surface area contributed by atoms with Crippen LogP contribution in [0.1, 0.15) is 19.8 Å². The maximum atomic E-state index is 9.62. The largest absolute Gasteiger partial charge is 0.387 e. The molecule has 2 aliphatic rings. The SMILES string of the molecule is CC1(O)CC2OC1CC2Cl. The highest BCUT2D eigenvalue weighted by atomic mass is 35.5. The lowest BCUT2D eigenvalue weighted by molar-refractivity contribution is -0.0146. The zero-order valence-corrected chi connectivity index (χ0v) is 6.64. The number of halogens is 1. The summed E-state index contributed by atoms with van der Waals surface area (Å²) in [5.41, 5.74) is -0.615. The molecular weight excluding hydrogens is 152 g/mol. The van der Waals surface area contributed by atoms with Crippen molar-refractivity contribution in [1.29, 1.82) is 0 Å². The Hall–Kier alpha value is 0.210. The summed E-state index contributed by atoms with van der Waals surface area (Å²) in [5.74, 6) is 0. The first-order valence-electron chi connectivity index (χ1n) is 3.61. The average Bonchev–Trinajstić information content (AvgIpc) is 2.21. The predicted molar refractivity (Wildman–Crippen MR) is 38.2 cm³/mol. The van der Waals surface area contributed by atoms with E-state index >= 15 is 0 Å². The summed E-state index contributed by atoms with van der Waals surface area (Å²) < 4.78 is 5.42. The molecule has 2 fully saturated rings. The van der Waals surface area contributed by atoms with E-state index in [1.54, 1.807) is 0 Å². The molecule has 2 bridgehead atoms. The molecule has 0 spiro atoms. The Balaban J connectivity index is 2.16. The zero-order valence-electron chi connectivity index (χ0n) is 5.88. The van der Waals surface area contributed by atoms with E-state index in [9.17, 15) is 5.11 Å². The molecule has 2 nitrogen and oxygen atoms in total. The standard InChI is InChI=1S/C7H11ClO2/c1-7(9)3-5-4(8)2-6(7)10-5/h4-6,9H,2-3H2,1H3. The summed E-state index contributed by atoms with van der Waals surface area (Å²) in [5, 5.41) is 9.75. The van der Waals surface area contributed by atoms with E-state index in [2.05, 4.69) is 0 Å². The van der Waals surface area contributed by atoms with Gasteiger partial charge in [-0.2, -0.15) is 0 Å². The van der Waals surface area contributed by atoms with E-state index in [0.29, 0.717) is 6.42 Å². The van der Waals surface area contributed by atoms with E-state index < -0.39 is 5.60 Å². The molecule has 0 aromatic heterocycles. The second kappa shape index (κ2) is 1.87. The lowest BCUT2D eigenvalue weighted by Gasteiger charge is -2.26. The Morgan fingerprint density at radius 2 is 2.40 bits per heavy atom. The summed E-state index contributed by atoms with van der Waals surface area (Å²) in [6.45, 7) is 1.82. The van der Waals surface area contributed by atoms with Crippen molar-refractivity contribution in [2.75, 3.05) is 0 Å². The van der Waals surface area contributed by atoms with Crippen molar-refractivity contribution in [3.8, 4) is 0 Å². The van der Waals surface area contributed by atoms with Crippen LogP contribution in [0.4, 0.5) is 0 Å². The number of hydrogen-bond acceptors (Lipinski definition) is 2. The van der Waals surface area contributed by atoms with Crippen molar-refractivity contribution in [1.82, 2.24) is 0 Å². The van der Waals surface area contributed by atoms with Crippen LogP contribution >= 0.6 is 11.6 Å². The minimum Gasteiger partial charge on any atom is -0.387 e. The number of hydrogen-bond donors (Lipinski definition) is 1. The van der Waals surface area contributed by atoms with Gasteiger partial charge in [-0.3, -0.25) is 0 Å². The van der Waals surface area contributed by atoms with Gasteiger partial charge in [-0.05, 0) is 13.3 Å². The quantitative estimate of drug-likeness (QED) is 0.537. The van der Waals surface area contributed by atoms with Crippen LogP contribution < -0.4 is 0 Å². The zero-order chi connectivity index (χ0) is 7.35. The Kier molecular flexibility index (Phi) is 1.29. The first-order valence-corrected chi connectivity index (χ1v) is 4.05. The molecule has 58 valence electrons. The van der Waals surface area contributed by atoms with Crippen LogP contribution in [0.25, 0.3) is 0 Å². The first kappa shape index (κ1) is 6.89. The van der Waals surface area contributed by atoms with Gasteiger partial charge in [-0.1, -0.05) is 0 Å². The summed E-state index contributed by atoms with van der Waals surface area (Å²) in [6.07, 6.45) is 1.59. The minimum absolute atomic E-state index is 0.0139. The van der Waals surface area contributed by atoms with Gasteiger partial charge in [0, 0.05) is 6.42 Å². The molecule has 4 unspecified atom stereocenters. The van der Waals surface area contributed by atoms with Crippen molar-refractivity contribution in [2.24, 2.45) is 0 Å². The van der Waals surface area contributed by atoms with Crippen LogP contribution in [0, 0.1) is 0 Å². The molecule has 0 saturated carbocycles. The van der Waals surface area contributed by atoms with Crippen molar-refractivity contribution in [2.45, 2.75) is 43.0 Å². The molecule has 10 heavy (non-hydrogen) atoms. The van der Waals surface area contributed by atoms with Gasteiger partial charge >= 0.3 is 0 Å². The monoisotopic (exact) mass is 162 g/mol. The number of alkyl halides is 1. The molecule has 2 aliphatic heterocycles. The van der Waals surface area contributed by atoms with Gasteiger partial charge in [0.15, 0.2) is 0 Å². The fourth-order valence-corrected chi connectivity index (χ4v) is 2.13. The van der Waals surface area contributed by atoms with Crippen molar-refractivity contribution >= 4 is 11.6 Å². The molecule has 2 saturated heterocycles. The topological polar surface area (TPSA) is 29.5 Å². The van der Waals surface area contributed by atoms with Crippen molar-refractivity contribution < 1.29 is 9.84 Å². The maximum absolute atomic E-state index is 9.62. The highest BCUT2D eigenvalue weighted by Crippen LogP contribution is 2.43. The molecule has 0 aromatic rings. The average molecular weight is 163 g/mol. The fourth-order valence-electron chi connectivity index (χ4n) is 1.82. The van der Waals surface area contributed by atoms with Gasteiger partial charge in [-0.25, -0.2) is 0 Å². The molecule has 2 heterocycles. The van der Waals surface area contributed by atoms with Gasteiger partial charge in [-0.15, -0.1) is 11.6 Å². The lowest BCUT2D eigenvalue weighted by Crippen LogP contribution is -2.38. The van der Waals surface area contributed by atoms with Crippen LogP contribution in [-0.4, -0.2) is 28.3 Å². The van der Waals surface area contributed by atoms with E-state index in [4.69, 9.17) is 16.3 Å². The summed E-state index contributed by atoms with van der Waals surface area (Å²) in [7, 11) is 0. The van der Waals surface area contributed by atoms with E-state index in [1.165, 1.54) is 0 Å². The number of ether oxygens (including phenoxy) is 1. The van der Waals surface area contributed by atoms with E-state index in [-0.39, 0.29) is 17.6 Å². The molecule has 3 heteroatoms. The smallest absolute Gasteiger partial charge is 0.0906 e. The number of aliphatic hydroxyl groups is 1. The Morgan fingerprint density at radius 1 is 1.70 bits per heavy atom. The van der Waals surface area contributed by atoms with E-state index in [1.807, 2.05) is 6.92 Å². The Bertz CT molecular complexity index is 156. The van der Waals surface area contributed by atoms with Gasteiger partial charge in [0.1, 0.15) is 0 Å². The van der Waals surface area contributed by atoms with Gasteiger partial charge in [0.25, 0.3) is 0 Å². The molecule has 0 aromatic carbocycles. The van der Waals surface area contributed by atoms with Crippen LogP contribution in [0.5, 0.6) is 0 Å². The minimum atomic E-state index is -0.615. The molecule has 0 aliphatic carbocycles. The summed E-state index contributed by atoms with van der Waals surface area (Å²) >= 11 is 5.90. The molecule has 1 N–H and O–H groups in total. The second-order valence-corrected chi connectivity index (χ2v) is 4.04. The predicted octanol–water partition coefficient (Wildman–Crippen LogP) is 0.906. The molecule has 0 radical (unpaired) electrons. The summed E-state index contributed by atoms with van der Waals surface area (Å²) in [6, 6.07) is 0. The summed E-state index contributed by atoms with van der Waals surface area (Å²) in [4.78, 5) is 0. The van der Waals surface area contributed by atoms with Crippen LogP contribution in [0.3, 0.4) is 0 Å². The molecular formula is C7H11ClO2. The maximum Gasteiger partial charge on any atom is 0.0906 e. The van der Waals surface area contributed by atoms with Crippen molar-refractivity contribution in [3.63, 3.8) is 0 Å². The normalized spacial score (nSPS) is 59.7. The van der Waals surface area contributed by atoms with Crippen molar-refractivity contribution in [3.05, 3.63) is 0 Å². The number of fused-ring (bicyclic) bond motifs is 2. The first-order chi connectivity index (χ1) is 4.59. The van der Waals surface area contributed by atoms with Crippen LogP contribution in [0.15, 0.2) is 0 Å². The third kappa shape index (κ3) is 0.792. The number of rotatable bonds is 0. The molecule has 4 atom stereocenters. The Labute approximate surface area is 65.1 Å². The van der Waals surface area contributed by atoms with Crippen LogP contribution in [-0.2, 0) is 4.74 Å². The third-order valence-electron chi connectivity index (χ3n) is 2.49. The fraction of sp³-hybridized carbons (Fsp3) is 1.00. The lowest BCUT2D eigenvalue weighted by atomic mass is 9.86. The van der Waals surface area contributed by atoms with Gasteiger partial charge in [0.2, 0.25) is 0 Å². The van der Waals surface area contributed by atoms with E-state index in [0.717, 1.165) is 6.42 Å². The van der Waals surface area contributed by atoms with Crippen LogP contribution in [0.2, 0.25) is 0 Å². The highest BCUT2D eigenvalue weighted by molar-refractivity contribution is 6.21. The second-order valence-electron chi connectivity index (χ2n) is 3.48. The third-order valence-corrected chi connectivity index (χ3v) is 2.95. The van der Waals surface area contributed by atoms with Gasteiger partial charge in [0.05, 0.1) is 23.2 Å². The highest BCUT2D eigenvalue weighted by Gasteiger charge is 2.52. The molecule has 0 amide bonds. The van der Waals surface area contributed by atoms with Gasteiger partial charge < -0.3 is 9.84 Å².